The summed E-state index contributed by atoms with van der Waals surface area (Å²) >= 11 is 0. The van der Waals surface area contributed by atoms with E-state index in [1.54, 1.807) is 12.1 Å². The molecule has 0 saturated carbocycles. The Morgan fingerprint density at radius 3 is 2.30 bits per heavy atom. The SMILES string of the molecule is CCc1cccc(CC)c1NC(=O)/C(C#N)=C\Nc1cccc(C(=O)O)c1. The predicted molar refractivity (Wildman–Crippen MR) is 105 cm³/mol. The van der Waals surface area contributed by atoms with E-state index in [9.17, 15) is 14.9 Å². The van der Waals surface area contributed by atoms with Crippen LogP contribution >= 0.6 is 0 Å². The zero-order valence-corrected chi connectivity index (χ0v) is 15.2. The number of carboxylic acid groups (broad SMARTS) is 1. The largest absolute Gasteiger partial charge is 0.478 e. The second-order valence-corrected chi connectivity index (χ2v) is 5.81. The van der Waals surface area contributed by atoms with Crippen molar-refractivity contribution in [3.05, 3.63) is 70.9 Å². The number of nitrogens with zero attached hydrogens (tertiary/aromatic N) is 1. The molecule has 0 aliphatic rings. The van der Waals surface area contributed by atoms with Gasteiger partial charge in [0.25, 0.3) is 5.91 Å². The molecule has 0 saturated heterocycles. The number of hydrogen-bond donors (Lipinski definition) is 3. The van der Waals surface area contributed by atoms with E-state index in [0.717, 1.165) is 29.7 Å². The summed E-state index contributed by atoms with van der Waals surface area (Å²) in [5.41, 5.74) is 3.22. The van der Waals surface area contributed by atoms with Gasteiger partial charge >= 0.3 is 5.97 Å². The van der Waals surface area contributed by atoms with E-state index in [2.05, 4.69) is 10.6 Å². The molecule has 0 atom stereocenters. The zero-order chi connectivity index (χ0) is 19.8. The Kier molecular flexibility index (Phi) is 6.73. The minimum Gasteiger partial charge on any atom is -0.478 e. The van der Waals surface area contributed by atoms with Crippen LogP contribution in [-0.4, -0.2) is 17.0 Å². The van der Waals surface area contributed by atoms with Gasteiger partial charge in [-0.25, -0.2) is 4.79 Å². The molecule has 0 radical (unpaired) electrons. The maximum Gasteiger partial charge on any atom is 0.335 e. The lowest BCUT2D eigenvalue weighted by Gasteiger charge is -2.14. The number of hydrogen-bond acceptors (Lipinski definition) is 4. The molecule has 1 amide bonds. The number of para-hydroxylation sites is 1. The number of anilines is 2. The molecule has 0 heterocycles. The summed E-state index contributed by atoms with van der Waals surface area (Å²) in [5, 5.41) is 24.0. The highest BCUT2D eigenvalue weighted by Crippen LogP contribution is 2.23. The van der Waals surface area contributed by atoms with Crippen molar-refractivity contribution in [1.82, 2.24) is 0 Å². The topological polar surface area (TPSA) is 102 Å². The number of benzene rings is 2. The summed E-state index contributed by atoms with van der Waals surface area (Å²) < 4.78 is 0. The van der Waals surface area contributed by atoms with Crippen LogP contribution in [0.25, 0.3) is 0 Å². The zero-order valence-electron chi connectivity index (χ0n) is 15.2. The third-order valence-electron chi connectivity index (χ3n) is 4.10. The summed E-state index contributed by atoms with van der Waals surface area (Å²) in [6, 6.07) is 13.8. The normalized spacial score (nSPS) is 10.8. The summed E-state index contributed by atoms with van der Waals surface area (Å²) in [5.74, 6) is -1.57. The van der Waals surface area contributed by atoms with E-state index < -0.39 is 11.9 Å². The van der Waals surface area contributed by atoms with E-state index in [0.29, 0.717) is 5.69 Å². The predicted octanol–water partition coefficient (Wildman–Crippen LogP) is 3.97. The molecule has 0 unspecified atom stereocenters. The van der Waals surface area contributed by atoms with Gasteiger partial charge in [-0.15, -0.1) is 0 Å². The van der Waals surface area contributed by atoms with E-state index in [1.807, 2.05) is 38.1 Å². The third-order valence-corrected chi connectivity index (χ3v) is 4.10. The number of aromatic carboxylic acids is 1. The molecule has 3 N–H and O–H groups in total. The maximum atomic E-state index is 12.5. The van der Waals surface area contributed by atoms with Crippen LogP contribution in [0.15, 0.2) is 54.2 Å². The van der Waals surface area contributed by atoms with Gasteiger partial charge in [-0.2, -0.15) is 5.26 Å². The second-order valence-electron chi connectivity index (χ2n) is 5.81. The highest BCUT2D eigenvalue weighted by atomic mass is 16.4. The molecule has 0 bridgehead atoms. The maximum absolute atomic E-state index is 12.5. The lowest BCUT2D eigenvalue weighted by Crippen LogP contribution is -2.17. The number of carbonyl (C=O) groups is 2. The first-order chi connectivity index (χ1) is 13.0. The van der Waals surface area contributed by atoms with Crippen molar-refractivity contribution in [2.24, 2.45) is 0 Å². The minimum absolute atomic E-state index is 0.108. The van der Waals surface area contributed by atoms with E-state index >= 15 is 0 Å². The molecule has 2 aromatic carbocycles. The fraction of sp³-hybridized carbons (Fsp3) is 0.190. The molecule has 27 heavy (non-hydrogen) atoms. The first-order valence-electron chi connectivity index (χ1n) is 8.62. The molecule has 0 aromatic heterocycles. The van der Waals surface area contributed by atoms with Gasteiger partial charge in [0.2, 0.25) is 0 Å². The average Bonchev–Trinajstić information content (AvgIpc) is 2.68. The molecule has 0 aliphatic heterocycles. The standard InChI is InChI=1S/C21H21N3O3/c1-3-14-7-5-8-15(4-2)19(14)24-20(25)17(12-22)13-23-18-10-6-9-16(11-18)21(26)27/h5-11,13,23H,3-4H2,1-2H3,(H,24,25)(H,26,27)/b17-13-. The molecule has 0 fully saturated rings. The summed E-state index contributed by atoms with van der Waals surface area (Å²) in [6.45, 7) is 4.00. The molecule has 0 spiro atoms. The fourth-order valence-corrected chi connectivity index (χ4v) is 2.63. The summed E-state index contributed by atoms with van der Waals surface area (Å²) in [7, 11) is 0. The second kappa shape index (κ2) is 9.20. The van der Waals surface area contributed by atoms with E-state index in [-0.39, 0.29) is 11.1 Å². The third kappa shape index (κ3) is 4.95. The number of aryl methyl sites for hydroxylation is 2. The molecule has 6 nitrogen and oxygen atoms in total. The Morgan fingerprint density at radius 1 is 1.11 bits per heavy atom. The summed E-state index contributed by atoms with van der Waals surface area (Å²) in [4.78, 5) is 23.6. The lowest BCUT2D eigenvalue weighted by atomic mass is 10.0. The molecule has 2 rings (SSSR count). The lowest BCUT2D eigenvalue weighted by molar-refractivity contribution is -0.112. The van der Waals surface area contributed by atoms with Crippen LogP contribution in [0.4, 0.5) is 11.4 Å². The van der Waals surface area contributed by atoms with Gasteiger partial charge in [0.1, 0.15) is 11.6 Å². The Labute approximate surface area is 158 Å². The van der Waals surface area contributed by atoms with Gasteiger partial charge in [-0.3, -0.25) is 4.79 Å². The minimum atomic E-state index is -1.05. The van der Waals surface area contributed by atoms with Gasteiger partial charge in [0.05, 0.1) is 5.56 Å². The first kappa shape index (κ1) is 19.7. The Hall–Kier alpha value is -3.59. The highest BCUT2D eigenvalue weighted by molar-refractivity contribution is 6.07. The molecule has 0 aliphatic carbocycles. The Morgan fingerprint density at radius 2 is 1.74 bits per heavy atom. The van der Waals surface area contributed by atoms with Gasteiger partial charge in [0.15, 0.2) is 0 Å². The average molecular weight is 363 g/mol. The van der Waals surface area contributed by atoms with Crippen LogP contribution in [0.3, 0.4) is 0 Å². The molecule has 2 aromatic rings. The quantitative estimate of drug-likeness (QED) is 0.510. The highest BCUT2D eigenvalue weighted by Gasteiger charge is 2.14. The number of nitriles is 1. The number of carboxylic acids is 1. The van der Waals surface area contributed by atoms with Gasteiger partial charge in [0, 0.05) is 17.6 Å². The van der Waals surface area contributed by atoms with Crippen LogP contribution in [0.5, 0.6) is 0 Å². The fourth-order valence-electron chi connectivity index (χ4n) is 2.63. The summed E-state index contributed by atoms with van der Waals surface area (Å²) in [6.07, 6.45) is 2.79. The van der Waals surface area contributed by atoms with Gasteiger partial charge in [-0.05, 0) is 42.2 Å². The van der Waals surface area contributed by atoms with E-state index in [1.165, 1.54) is 18.3 Å². The van der Waals surface area contributed by atoms with Gasteiger partial charge < -0.3 is 15.7 Å². The van der Waals surface area contributed by atoms with Crippen molar-refractivity contribution in [1.29, 1.82) is 5.26 Å². The van der Waals surface area contributed by atoms with E-state index in [4.69, 9.17) is 5.11 Å². The van der Waals surface area contributed by atoms with Crippen LogP contribution < -0.4 is 10.6 Å². The van der Waals surface area contributed by atoms with Crippen molar-refractivity contribution in [3.63, 3.8) is 0 Å². The van der Waals surface area contributed by atoms with Crippen molar-refractivity contribution < 1.29 is 14.7 Å². The number of rotatable bonds is 7. The monoisotopic (exact) mass is 363 g/mol. The van der Waals surface area contributed by atoms with Gasteiger partial charge in [-0.1, -0.05) is 38.1 Å². The molecular formula is C21H21N3O3. The number of nitrogens with one attached hydrogen (secondary N) is 2. The molecular weight excluding hydrogens is 342 g/mol. The Balaban J connectivity index is 2.22. The van der Waals surface area contributed by atoms with Crippen LogP contribution in [0.2, 0.25) is 0 Å². The van der Waals surface area contributed by atoms with Crippen LogP contribution in [0.1, 0.15) is 35.3 Å². The molecule has 138 valence electrons. The van der Waals surface area contributed by atoms with Crippen LogP contribution in [0, 0.1) is 11.3 Å². The van der Waals surface area contributed by atoms with Crippen molar-refractivity contribution in [3.8, 4) is 6.07 Å². The van der Waals surface area contributed by atoms with Crippen molar-refractivity contribution in [2.45, 2.75) is 26.7 Å². The van der Waals surface area contributed by atoms with Crippen LogP contribution in [-0.2, 0) is 17.6 Å². The first-order valence-corrected chi connectivity index (χ1v) is 8.62. The smallest absolute Gasteiger partial charge is 0.335 e. The van der Waals surface area contributed by atoms with Crippen molar-refractivity contribution >= 4 is 23.3 Å². The van der Waals surface area contributed by atoms with Crippen molar-refractivity contribution in [2.75, 3.05) is 10.6 Å². The Bertz CT molecular complexity index is 904. The molecule has 6 heteroatoms. The number of amides is 1. The number of carbonyl (C=O) groups excluding carboxylic acids is 1.